The number of fused-ring (bicyclic) bond motifs is 3. The first-order chi connectivity index (χ1) is 18.7. The normalized spacial score (nSPS) is 16.4. The minimum Gasteiger partial charge on any atom is -0.358 e. The van der Waals surface area contributed by atoms with Gasteiger partial charge in [0.2, 0.25) is 0 Å². The van der Waals surface area contributed by atoms with Crippen molar-refractivity contribution in [1.82, 2.24) is 0 Å². The number of hydrogen-bond donors (Lipinski definition) is 0. The van der Waals surface area contributed by atoms with Gasteiger partial charge < -0.3 is 7.43 Å². The minimum absolute atomic E-state index is 0. The van der Waals surface area contributed by atoms with Crippen molar-refractivity contribution in [2.45, 2.75) is 87.0 Å². The second kappa shape index (κ2) is 19.0. The molecule has 0 saturated heterocycles. The molecule has 3 aliphatic carbocycles. The van der Waals surface area contributed by atoms with Crippen molar-refractivity contribution in [2.24, 2.45) is 11.3 Å². The number of rotatable bonds is 1. The molecule has 0 radical (unpaired) electrons. The van der Waals surface area contributed by atoms with E-state index in [1.807, 2.05) is 24.3 Å². The third kappa shape index (κ3) is 10.6. The third-order valence-electron chi connectivity index (χ3n) is 8.46. The number of benzene rings is 3. The van der Waals surface area contributed by atoms with Crippen molar-refractivity contribution in [1.29, 1.82) is 0 Å². The van der Waals surface area contributed by atoms with Crippen LogP contribution in [0, 0.1) is 71.6 Å². The van der Waals surface area contributed by atoms with Crippen LogP contribution in [0.15, 0.2) is 60.2 Å². The molecule has 0 aromatic heterocycles. The Balaban J connectivity index is 0.000000602. The molecule has 6 rings (SSSR count). The summed E-state index contributed by atoms with van der Waals surface area (Å²) in [6.07, 6.45) is 16.1. The zero-order valence-electron chi connectivity index (χ0n) is 27.0. The Morgan fingerprint density at radius 2 is 1.40 bits per heavy atom. The van der Waals surface area contributed by atoms with Crippen molar-refractivity contribution in [3.63, 3.8) is 0 Å². The van der Waals surface area contributed by atoms with Crippen molar-refractivity contribution >= 4 is 29.0 Å². The van der Waals surface area contributed by atoms with Gasteiger partial charge in [0, 0.05) is 0 Å². The number of halogens is 2. The average Bonchev–Trinajstić information content (AvgIpc) is 3.51. The van der Waals surface area contributed by atoms with E-state index in [9.17, 15) is 0 Å². The van der Waals surface area contributed by atoms with Gasteiger partial charge in [0.15, 0.2) is 0 Å². The van der Waals surface area contributed by atoms with Crippen LogP contribution in [0.25, 0.3) is 11.1 Å². The molecule has 1 saturated carbocycles. The van der Waals surface area contributed by atoms with Gasteiger partial charge >= 0.3 is 28.4 Å². The third-order valence-corrected chi connectivity index (χ3v) is 8.46. The monoisotopic (exact) mass is 678 g/mol. The van der Waals surface area contributed by atoms with Gasteiger partial charge in [-0.25, -0.2) is 6.08 Å². The van der Waals surface area contributed by atoms with Crippen LogP contribution in [-0.4, -0.2) is 4.21 Å². The summed E-state index contributed by atoms with van der Waals surface area (Å²) in [5.41, 5.74) is 14.4. The van der Waals surface area contributed by atoms with E-state index >= 15 is 0 Å². The van der Waals surface area contributed by atoms with Crippen LogP contribution >= 0.6 is 24.8 Å². The summed E-state index contributed by atoms with van der Waals surface area (Å²) < 4.78 is 3.34. The fourth-order valence-corrected chi connectivity index (χ4v) is 5.70. The largest absolute Gasteiger partial charge is 0.358 e. The van der Waals surface area contributed by atoms with Crippen LogP contribution in [0.2, 0.25) is 0 Å². The van der Waals surface area contributed by atoms with Crippen molar-refractivity contribution < 1.29 is 24.2 Å². The van der Waals surface area contributed by atoms with E-state index in [1.54, 1.807) is 5.57 Å². The molecule has 0 N–H and O–H groups in total. The summed E-state index contributed by atoms with van der Waals surface area (Å²) in [6.45, 7) is 15.4. The van der Waals surface area contributed by atoms with Gasteiger partial charge in [-0.05, 0) is 37.0 Å². The van der Waals surface area contributed by atoms with E-state index < -0.39 is 0 Å². The summed E-state index contributed by atoms with van der Waals surface area (Å²) in [5.74, 6) is 0.550. The summed E-state index contributed by atoms with van der Waals surface area (Å²) in [6, 6.07) is 21.3. The van der Waals surface area contributed by atoms with Gasteiger partial charge in [-0.2, -0.15) is 70.8 Å². The SMILES string of the molecule is CC1[C-]=CC(C2(C)CCCCC2)=C1.Cc1[c-]c2c(cc1C)-c1cc(C)c(C)cc1C2.Cc1cc[c-]cc1.Cl.Cl.[CH2]=[Zr].[CH3-]. The Morgan fingerprint density at radius 1 is 0.833 bits per heavy atom. The Bertz CT molecular complexity index is 1260. The fraction of sp³-hybridized carbons (Fsp3) is 0.385. The van der Waals surface area contributed by atoms with Crippen LogP contribution in [-0.2, 0) is 30.7 Å². The molecule has 0 heterocycles. The molecular weight excluding hydrogens is 631 g/mol. The molecule has 0 spiro atoms. The van der Waals surface area contributed by atoms with E-state index in [0.717, 1.165) is 6.42 Å². The maximum atomic E-state index is 3.54. The van der Waals surface area contributed by atoms with E-state index in [0.29, 0.717) is 11.3 Å². The predicted molar refractivity (Wildman–Crippen MR) is 187 cm³/mol. The molecule has 42 heavy (non-hydrogen) atoms. The van der Waals surface area contributed by atoms with Crippen LogP contribution in [0.4, 0.5) is 0 Å². The molecular formula is C39H50Cl2Zr-4. The molecule has 3 aliphatic rings. The molecule has 228 valence electrons. The van der Waals surface area contributed by atoms with Crippen molar-refractivity contribution in [3.05, 3.63) is 125 Å². The van der Waals surface area contributed by atoms with E-state index in [2.05, 4.69) is 101 Å². The number of hydrogen-bond acceptors (Lipinski definition) is 0. The maximum absolute atomic E-state index is 3.54. The second-order valence-corrected chi connectivity index (χ2v) is 11.7. The van der Waals surface area contributed by atoms with Crippen LogP contribution in [0.3, 0.4) is 0 Å². The van der Waals surface area contributed by atoms with Gasteiger partial charge in [-0.1, -0.05) is 95.8 Å². The standard InChI is InChI=1S/C17H17.C13H19.C7H7.CH3.CH2.2ClH.Zr/c1-10-5-14-9-15-6-11(2)13(4)8-17(15)16(14)7-12(10)3;1-11-6-7-12(10-11)13(2)8-4-3-5-9-13;1-7-5-3-2-4-6-7;;;;;/h5,7-8H,9H2,1-4H3;7,10-11H,3-5,8-9H2,1-2H3;3-6H,1H3;1H3;1H2;2*1H;/q4*-1;;;;. The molecule has 3 aromatic carbocycles. The molecule has 1 atom stereocenters. The molecule has 0 amide bonds. The topological polar surface area (TPSA) is 0 Å². The first-order valence-corrected chi connectivity index (χ1v) is 16.1. The average molecular weight is 681 g/mol. The Morgan fingerprint density at radius 3 is 1.93 bits per heavy atom. The van der Waals surface area contributed by atoms with Gasteiger partial charge in [-0.3, -0.25) is 6.08 Å². The maximum Gasteiger partial charge on any atom is -0.358 e. The number of aryl methyl sites for hydroxylation is 5. The Hall–Kier alpha value is -1.53. The van der Waals surface area contributed by atoms with Crippen molar-refractivity contribution in [3.8, 4) is 11.1 Å². The number of allylic oxidation sites excluding steroid dienone is 4. The summed E-state index contributed by atoms with van der Waals surface area (Å²) >= 11 is 1.30. The summed E-state index contributed by atoms with van der Waals surface area (Å²) in [4.78, 5) is 0. The molecule has 0 nitrogen and oxygen atoms in total. The van der Waals surface area contributed by atoms with Crippen LogP contribution in [0.5, 0.6) is 0 Å². The molecule has 0 aliphatic heterocycles. The molecule has 3 heteroatoms. The quantitative estimate of drug-likeness (QED) is 0.176. The zero-order valence-corrected chi connectivity index (χ0v) is 31.1. The predicted octanol–water partition coefficient (Wildman–Crippen LogP) is 11.2. The molecule has 0 bridgehead atoms. The van der Waals surface area contributed by atoms with Gasteiger partial charge in [0.25, 0.3) is 0 Å². The smallest absolute Gasteiger partial charge is 0.358 e. The molecule has 1 fully saturated rings. The molecule has 1 unspecified atom stereocenters. The molecule has 3 aromatic rings. The van der Waals surface area contributed by atoms with E-state index in [-0.39, 0.29) is 32.2 Å². The summed E-state index contributed by atoms with van der Waals surface area (Å²) in [5, 5.41) is 0. The first-order valence-electron chi connectivity index (χ1n) is 14.4. The first kappa shape index (κ1) is 40.5. The minimum atomic E-state index is 0. The van der Waals surface area contributed by atoms with Gasteiger partial charge in [-0.15, -0.1) is 35.9 Å². The van der Waals surface area contributed by atoms with E-state index in [4.69, 9.17) is 0 Å². The van der Waals surface area contributed by atoms with Crippen LogP contribution in [0.1, 0.15) is 84.9 Å². The fourth-order valence-electron chi connectivity index (χ4n) is 5.70. The van der Waals surface area contributed by atoms with Gasteiger partial charge in [0.05, 0.1) is 0 Å². The van der Waals surface area contributed by atoms with Gasteiger partial charge in [0.1, 0.15) is 0 Å². The summed E-state index contributed by atoms with van der Waals surface area (Å²) in [7, 11) is 0. The zero-order chi connectivity index (χ0) is 28.6. The second-order valence-electron chi connectivity index (χ2n) is 11.7. The Labute approximate surface area is 285 Å². The van der Waals surface area contributed by atoms with Crippen LogP contribution < -0.4 is 0 Å². The Kier molecular flexibility index (Phi) is 18.3. The van der Waals surface area contributed by atoms with Crippen molar-refractivity contribution in [2.75, 3.05) is 0 Å². The van der Waals surface area contributed by atoms with E-state index in [1.165, 1.54) is 106 Å².